The Kier molecular flexibility index (Phi) is 10.3. The Labute approximate surface area is 136 Å². The molecule has 1 atom stereocenters. The summed E-state index contributed by atoms with van der Waals surface area (Å²) in [7, 11) is 0. The molecule has 0 unspecified atom stereocenters. The molecule has 2 rings (SSSR count). The van der Waals surface area contributed by atoms with Crippen molar-refractivity contribution in [3.63, 3.8) is 0 Å². The second-order valence-corrected chi connectivity index (χ2v) is 5.30. The summed E-state index contributed by atoms with van der Waals surface area (Å²) < 4.78 is 0. The Hall–Kier alpha value is -0.280. The van der Waals surface area contributed by atoms with Gasteiger partial charge in [-0.05, 0) is 24.5 Å². The average Bonchev–Trinajstić information content (AvgIpc) is 2.42. The van der Waals surface area contributed by atoms with E-state index in [0.29, 0.717) is 6.04 Å². The van der Waals surface area contributed by atoms with E-state index in [-0.39, 0.29) is 24.8 Å². The zero-order valence-corrected chi connectivity index (χ0v) is 14.2. The number of halogens is 2. The SMILES string of the molecule is CCCC[C@H](c1ccccc1C)N1CCNCC1.Cl.Cl. The maximum Gasteiger partial charge on any atom is 0.0351 e. The molecule has 1 N–H and O–H groups in total. The number of nitrogens with one attached hydrogen (secondary N) is 1. The van der Waals surface area contributed by atoms with Crippen LogP contribution in [0.2, 0.25) is 0 Å². The third-order valence-corrected chi connectivity index (χ3v) is 3.97. The lowest BCUT2D eigenvalue weighted by atomic mass is 9.95. The molecule has 0 bridgehead atoms. The van der Waals surface area contributed by atoms with Crippen LogP contribution in [0, 0.1) is 6.92 Å². The summed E-state index contributed by atoms with van der Waals surface area (Å²) >= 11 is 0. The third kappa shape index (κ3) is 5.25. The fourth-order valence-electron chi connectivity index (χ4n) is 2.89. The van der Waals surface area contributed by atoms with Gasteiger partial charge in [0.05, 0.1) is 0 Å². The van der Waals surface area contributed by atoms with E-state index in [1.807, 2.05) is 0 Å². The Bertz CT molecular complexity index is 365. The number of hydrogen-bond donors (Lipinski definition) is 1. The quantitative estimate of drug-likeness (QED) is 0.883. The molecule has 1 aromatic rings. The molecule has 0 spiro atoms. The second-order valence-electron chi connectivity index (χ2n) is 5.30. The molecule has 4 heteroatoms. The number of rotatable bonds is 5. The normalized spacial score (nSPS) is 16.9. The zero-order chi connectivity index (χ0) is 12.8. The largest absolute Gasteiger partial charge is 0.314 e. The molecule has 0 radical (unpaired) electrons. The van der Waals surface area contributed by atoms with Crippen molar-refractivity contribution in [1.29, 1.82) is 0 Å². The monoisotopic (exact) mass is 318 g/mol. The minimum atomic E-state index is 0. The molecule has 1 aliphatic heterocycles. The third-order valence-electron chi connectivity index (χ3n) is 3.97. The predicted octanol–water partition coefficient (Wildman–Crippen LogP) is 3.98. The van der Waals surface area contributed by atoms with E-state index >= 15 is 0 Å². The van der Waals surface area contributed by atoms with Gasteiger partial charge in [0.2, 0.25) is 0 Å². The lowest BCUT2D eigenvalue weighted by Crippen LogP contribution is -2.45. The highest BCUT2D eigenvalue weighted by atomic mass is 35.5. The van der Waals surface area contributed by atoms with Gasteiger partial charge in [0.1, 0.15) is 0 Å². The molecule has 20 heavy (non-hydrogen) atoms. The van der Waals surface area contributed by atoms with Gasteiger partial charge in [-0.15, -0.1) is 24.8 Å². The van der Waals surface area contributed by atoms with Crippen molar-refractivity contribution in [2.45, 2.75) is 39.2 Å². The Morgan fingerprint density at radius 3 is 2.40 bits per heavy atom. The van der Waals surface area contributed by atoms with E-state index in [1.165, 1.54) is 43.5 Å². The van der Waals surface area contributed by atoms with Gasteiger partial charge in [-0.2, -0.15) is 0 Å². The summed E-state index contributed by atoms with van der Waals surface area (Å²) in [6, 6.07) is 9.51. The van der Waals surface area contributed by atoms with Crippen molar-refractivity contribution in [1.82, 2.24) is 10.2 Å². The number of piperazine rings is 1. The van der Waals surface area contributed by atoms with E-state index in [1.54, 1.807) is 0 Å². The fourth-order valence-corrected chi connectivity index (χ4v) is 2.89. The minimum Gasteiger partial charge on any atom is -0.314 e. The van der Waals surface area contributed by atoms with Gasteiger partial charge in [-0.25, -0.2) is 0 Å². The van der Waals surface area contributed by atoms with Crippen molar-refractivity contribution in [2.75, 3.05) is 26.2 Å². The highest BCUT2D eigenvalue weighted by molar-refractivity contribution is 5.85. The molecular weight excluding hydrogens is 291 g/mol. The average molecular weight is 319 g/mol. The summed E-state index contributed by atoms with van der Waals surface area (Å²) in [4.78, 5) is 2.66. The summed E-state index contributed by atoms with van der Waals surface area (Å²) in [6.45, 7) is 9.16. The van der Waals surface area contributed by atoms with Gasteiger partial charge in [-0.3, -0.25) is 4.90 Å². The summed E-state index contributed by atoms with van der Waals surface area (Å²) in [5, 5.41) is 3.45. The summed E-state index contributed by atoms with van der Waals surface area (Å²) in [6.07, 6.45) is 3.90. The van der Waals surface area contributed by atoms with Crippen molar-refractivity contribution >= 4 is 24.8 Å². The highest BCUT2D eigenvalue weighted by Crippen LogP contribution is 2.28. The lowest BCUT2D eigenvalue weighted by Gasteiger charge is -2.36. The molecule has 1 heterocycles. The molecule has 1 aliphatic rings. The molecule has 0 aliphatic carbocycles. The highest BCUT2D eigenvalue weighted by Gasteiger charge is 2.22. The predicted molar refractivity (Wildman–Crippen MR) is 92.4 cm³/mol. The van der Waals surface area contributed by atoms with Crippen LogP contribution in [0.25, 0.3) is 0 Å². The van der Waals surface area contributed by atoms with E-state index in [0.717, 1.165) is 13.1 Å². The Balaban J connectivity index is 0.00000180. The van der Waals surface area contributed by atoms with Crippen LogP contribution in [-0.4, -0.2) is 31.1 Å². The van der Waals surface area contributed by atoms with Gasteiger partial charge in [0, 0.05) is 32.2 Å². The van der Waals surface area contributed by atoms with Gasteiger partial charge in [-0.1, -0.05) is 44.0 Å². The van der Waals surface area contributed by atoms with Gasteiger partial charge in [0.15, 0.2) is 0 Å². The van der Waals surface area contributed by atoms with Crippen LogP contribution >= 0.6 is 24.8 Å². The van der Waals surface area contributed by atoms with Gasteiger partial charge >= 0.3 is 0 Å². The van der Waals surface area contributed by atoms with Crippen molar-refractivity contribution in [3.8, 4) is 0 Å². The van der Waals surface area contributed by atoms with E-state index < -0.39 is 0 Å². The number of benzene rings is 1. The first-order valence-electron chi connectivity index (χ1n) is 7.33. The Morgan fingerprint density at radius 1 is 1.15 bits per heavy atom. The number of aryl methyl sites for hydroxylation is 1. The Morgan fingerprint density at radius 2 is 1.80 bits per heavy atom. The van der Waals surface area contributed by atoms with Gasteiger partial charge in [0.25, 0.3) is 0 Å². The molecule has 1 fully saturated rings. The molecule has 1 aromatic carbocycles. The molecular formula is C16H28Cl2N2. The molecule has 0 aromatic heterocycles. The second kappa shape index (κ2) is 10.4. The number of nitrogens with zero attached hydrogens (tertiary/aromatic N) is 1. The van der Waals surface area contributed by atoms with Crippen LogP contribution in [-0.2, 0) is 0 Å². The maximum absolute atomic E-state index is 3.45. The first-order chi connectivity index (χ1) is 8.83. The number of unbranched alkanes of at least 4 members (excludes halogenated alkanes) is 1. The molecule has 1 saturated heterocycles. The van der Waals surface area contributed by atoms with Crippen LogP contribution in [0.5, 0.6) is 0 Å². The summed E-state index contributed by atoms with van der Waals surface area (Å²) in [5.41, 5.74) is 2.98. The van der Waals surface area contributed by atoms with E-state index in [9.17, 15) is 0 Å². The first-order valence-corrected chi connectivity index (χ1v) is 7.33. The molecule has 0 amide bonds. The number of hydrogen-bond acceptors (Lipinski definition) is 2. The van der Waals surface area contributed by atoms with Gasteiger partial charge < -0.3 is 5.32 Å². The van der Waals surface area contributed by atoms with E-state index in [4.69, 9.17) is 0 Å². The maximum atomic E-state index is 3.45. The van der Waals surface area contributed by atoms with Crippen molar-refractivity contribution in [2.24, 2.45) is 0 Å². The van der Waals surface area contributed by atoms with Crippen LogP contribution < -0.4 is 5.32 Å². The topological polar surface area (TPSA) is 15.3 Å². The molecule has 0 saturated carbocycles. The standard InChI is InChI=1S/C16H26N2.2ClH/c1-3-4-9-16(18-12-10-17-11-13-18)15-8-6-5-7-14(15)2;;/h5-8,16-17H,3-4,9-13H2,1-2H3;2*1H/t16-;;/m1../s1. The fraction of sp³-hybridized carbons (Fsp3) is 0.625. The van der Waals surface area contributed by atoms with Crippen molar-refractivity contribution < 1.29 is 0 Å². The first kappa shape index (κ1) is 19.7. The van der Waals surface area contributed by atoms with Crippen LogP contribution in [0.15, 0.2) is 24.3 Å². The molecule has 2 nitrogen and oxygen atoms in total. The lowest BCUT2D eigenvalue weighted by molar-refractivity contribution is 0.162. The minimum absolute atomic E-state index is 0. The van der Waals surface area contributed by atoms with Crippen LogP contribution in [0.3, 0.4) is 0 Å². The zero-order valence-electron chi connectivity index (χ0n) is 12.6. The molecule has 116 valence electrons. The summed E-state index contributed by atoms with van der Waals surface area (Å²) in [5.74, 6) is 0. The van der Waals surface area contributed by atoms with E-state index in [2.05, 4.69) is 48.3 Å². The smallest absolute Gasteiger partial charge is 0.0351 e. The van der Waals surface area contributed by atoms with Crippen LogP contribution in [0.4, 0.5) is 0 Å². The van der Waals surface area contributed by atoms with Crippen molar-refractivity contribution in [3.05, 3.63) is 35.4 Å². The van der Waals surface area contributed by atoms with Crippen LogP contribution in [0.1, 0.15) is 43.4 Å².